The molecule has 0 aliphatic heterocycles. The van der Waals surface area contributed by atoms with E-state index in [4.69, 9.17) is 20.6 Å². The molecule has 3 aromatic rings. The summed E-state index contributed by atoms with van der Waals surface area (Å²) in [6.45, 7) is 0.425. The van der Waals surface area contributed by atoms with Gasteiger partial charge in [-0.05, 0) is 47.4 Å². The van der Waals surface area contributed by atoms with Crippen LogP contribution in [-0.4, -0.2) is 25.8 Å². The van der Waals surface area contributed by atoms with Gasteiger partial charge in [-0.15, -0.1) is 11.3 Å². The topological polar surface area (TPSA) is 97.4 Å². The van der Waals surface area contributed by atoms with Crippen LogP contribution >= 0.6 is 11.3 Å². The summed E-state index contributed by atoms with van der Waals surface area (Å²) in [6, 6.07) is 14.6. The summed E-state index contributed by atoms with van der Waals surface area (Å²) in [5.41, 5.74) is 8.26. The first-order valence-corrected chi connectivity index (χ1v) is 10.1. The van der Waals surface area contributed by atoms with Crippen LogP contribution in [0.25, 0.3) is 6.08 Å². The molecule has 7 heteroatoms. The summed E-state index contributed by atoms with van der Waals surface area (Å²) < 4.78 is 10.6. The number of ether oxygens (including phenoxy) is 2. The molecular weight excluding hydrogens is 398 g/mol. The van der Waals surface area contributed by atoms with Gasteiger partial charge in [-0.1, -0.05) is 24.3 Å². The zero-order chi connectivity index (χ0) is 21.5. The van der Waals surface area contributed by atoms with Crippen LogP contribution in [0.15, 0.2) is 60.0 Å². The Morgan fingerprint density at radius 1 is 1.13 bits per heavy atom. The molecule has 154 valence electrons. The average Bonchev–Trinajstić information content (AvgIpc) is 3.29. The Labute approximate surface area is 179 Å². The molecule has 0 radical (unpaired) electrons. The van der Waals surface area contributed by atoms with E-state index < -0.39 is 0 Å². The molecule has 0 fully saturated rings. The quantitative estimate of drug-likeness (QED) is 0.372. The van der Waals surface area contributed by atoms with E-state index in [0.717, 1.165) is 16.2 Å². The molecule has 0 spiro atoms. The number of hydrogen-bond donors (Lipinski definition) is 3. The van der Waals surface area contributed by atoms with Gasteiger partial charge in [-0.25, -0.2) is 0 Å². The lowest BCUT2D eigenvalue weighted by atomic mass is 10.0. The molecule has 0 unspecified atom stereocenters. The second-order valence-corrected chi connectivity index (χ2v) is 7.43. The first kappa shape index (κ1) is 21.1. The minimum Gasteiger partial charge on any atom is -0.497 e. The summed E-state index contributed by atoms with van der Waals surface area (Å²) in [5.74, 6) is 0.755. The zero-order valence-electron chi connectivity index (χ0n) is 16.8. The van der Waals surface area contributed by atoms with Crippen molar-refractivity contribution in [2.45, 2.75) is 6.54 Å². The number of methoxy groups -OCH3 is 2. The van der Waals surface area contributed by atoms with Crippen molar-refractivity contribution in [3.63, 3.8) is 0 Å². The molecule has 1 heterocycles. The molecule has 0 atom stereocenters. The minimum absolute atomic E-state index is 0.146. The van der Waals surface area contributed by atoms with Gasteiger partial charge in [0.15, 0.2) is 0 Å². The Kier molecular flexibility index (Phi) is 6.87. The number of anilines is 1. The van der Waals surface area contributed by atoms with Crippen LogP contribution in [0, 0.1) is 5.41 Å². The Balaban J connectivity index is 1.83. The number of rotatable bonds is 8. The zero-order valence-corrected chi connectivity index (χ0v) is 17.6. The number of thiophene rings is 1. The molecule has 0 aliphatic rings. The fraction of sp³-hybridized carbons (Fsp3) is 0.130. The molecule has 3 rings (SSSR count). The van der Waals surface area contributed by atoms with Gasteiger partial charge in [0.2, 0.25) is 0 Å². The predicted octanol–water partition coefficient (Wildman–Crippen LogP) is 4.36. The van der Waals surface area contributed by atoms with Crippen LogP contribution in [0.4, 0.5) is 5.69 Å². The summed E-state index contributed by atoms with van der Waals surface area (Å²) in [7, 11) is 3.08. The van der Waals surface area contributed by atoms with Crippen LogP contribution in [-0.2, 0) is 6.54 Å². The second kappa shape index (κ2) is 9.76. The van der Waals surface area contributed by atoms with Crippen LogP contribution in [0.3, 0.4) is 0 Å². The molecule has 1 amide bonds. The van der Waals surface area contributed by atoms with Crippen molar-refractivity contribution in [3.8, 4) is 11.5 Å². The SMILES string of the molecule is COc1ccc(/C=C/C(=N)c2c(N)ccc(C(=O)NCc3cccs3)c2OC)cc1. The molecule has 4 N–H and O–H groups in total. The number of nitrogens with two attached hydrogens (primary N) is 1. The fourth-order valence-electron chi connectivity index (χ4n) is 2.92. The van der Waals surface area contributed by atoms with Crippen molar-refractivity contribution in [2.75, 3.05) is 20.0 Å². The standard InChI is InChI=1S/C23H23N3O3S/c1-28-16-8-5-15(6-9-16)7-11-19(24)21-20(25)12-10-18(22(21)29-2)23(27)26-14-17-4-3-13-30-17/h3-13,24H,14,25H2,1-2H3,(H,26,27)/b11-7+,24-19?. The Hall–Kier alpha value is -3.58. The third-order valence-corrected chi connectivity index (χ3v) is 5.35. The highest BCUT2D eigenvalue weighted by Crippen LogP contribution is 2.30. The van der Waals surface area contributed by atoms with Gasteiger partial charge in [0.05, 0.1) is 37.6 Å². The molecule has 0 saturated carbocycles. The summed E-state index contributed by atoms with van der Waals surface area (Å²) in [6.07, 6.45) is 3.42. The summed E-state index contributed by atoms with van der Waals surface area (Å²) >= 11 is 1.57. The van der Waals surface area contributed by atoms with Crippen LogP contribution in [0.1, 0.15) is 26.4 Å². The molecular formula is C23H23N3O3S. The van der Waals surface area contributed by atoms with E-state index in [1.165, 1.54) is 7.11 Å². The number of hydrogen-bond acceptors (Lipinski definition) is 6. The number of nitrogen functional groups attached to an aromatic ring is 1. The van der Waals surface area contributed by atoms with Crippen molar-refractivity contribution in [1.29, 1.82) is 5.41 Å². The lowest BCUT2D eigenvalue weighted by Crippen LogP contribution is -2.23. The molecule has 1 aromatic heterocycles. The maximum absolute atomic E-state index is 12.7. The molecule has 0 bridgehead atoms. The van der Waals surface area contributed by atoms with E-state index in [-0.39, 0.29) is 17.4 Å². The van der Waals surface area contributed by atoms with Crippen molar-refractivity contribution in [3.05, 3.63) is 81.6 Å². The number of amides is 1. The predicted molar refractivity (Wildman–Crippen MR) is 122 cm³/mol. The van der Waals surface area contributed by atoms with Gasteiger partial charge in [0.1, 0.15) is 11.5 Å². The van der Waals surface area contributed by atoms with Gasteiger partial charge < -0.3 is 25.9 Å². The number of allylic oxidation sites excluding steroid dienone is 1. The normalized spacial score (nSPS) is 10.7. The molecule has 6 nitrogen and oxygen atoms in total. The van der Waals surface area contributed by atoms with Crippen LogP contribution < -0.4 is 20.5 Å². The van der Waals surface area contributed by atoms with Gasteiger partial charge in [0, 0.05) is 10.6 Å². The lowest BCUT2D eigenvalue weighted by Gasteiger charge is -2.15. The highest BCUT2D eigenvalue weighted by Gasteiger charge is 2.20. The van der Waals surface area contributed by atoms with E-state index in [2.05, 4.69) is 5.32 Å². The van der Waals surface area contributed by atoms with Crippen molar-refractivity contribution in [1.82, 2.24) is 5.32 Å². The van der Waals surface area contributed by atoms with Crippen LogP contribution in [0.5, 0.6) is 11.5 Å². The Bertz CT molecular complexity index is 1060. The fourth-order valence-corrected chi connectivity index (χ4v) is 3.56. The third-order valence-electron chi connectivity index (χ3n) is 4.47. The number of nitrogens with one attached hydrogen (secondary N) is 2. The number of benzene rings is 2. The second-order valence-electron chi connectivity index (χ2n) is 6.39. The maximum atomic E-state index is 12.7. The lowest BCUT2D eigenvalue weighted by molar-refractivity contribution is 0.0948. The average molecular weight is 422 g/mol. The number of carbonyl (C=O) groups excluding carboxylic acids is 1. The van der Waals surface area contributed by atoms with Gasteiger partial charge >= 0.3 is 0 Å². The van der Waals surface area contributed by atoms with Gasteiger partial charge in [0.25, 0.3) is 5.91 Å². The third kappa shape index (κ3) is 4.87. The molecule has 30 heavy (non-hydrogen) atoms. The molecule has 2 aromatic carbocycles. The largest absolute Gasteiger partial charge is 0.497 e. The minimum atomic E-state index is -0.284. The first-order chi connectivity index (χ1) is 14.5. The Morgan fingerprint density at radius 2 is 1.90 bits per heavy atom. The van der Waals surface area contributed by atoms with E-state index in [1.807, 2.05) is 41.8 Å². The van der Waals surface area contributed by atoms with E-state index in [1.54, 1.807) is 42.7 Å². The molecule has 0 aliphatic carbocycles. The monoisotopic (exact) mass is 421 g/mol. The molecule has 0 saturated heterocycles. The number of carbonyl (C=O) groups is 1. The Morgan fingerprint density at radius 3 is 2.53 bits per heavy atom. The summed E-state index contributed by atoms with van der Waals surface area (Å²) in [5, 5.41) is 13.3. The van der Waals surface area contributed by atoms with E-state index in [9.17, 15) is 4.79 Å². The highest BCUT2D eigenvalue weighted by atomic mass is 32.1. The van der Waals surface area contributed by atoms with E-state index in [0.29, 0.717) is 23.4 Å². The maximum Gasteiger partial charge on any atom is 0.255 e. The van der Waals surface area contributed by atoms with E-state index >= 15 is 0 Å². The smallest absolute Gasteiger partial charge is 0.255 e. The van der Waals surface area contributed by atoms with Crippen molar-refractivity contribution >= 4 is 34.7 Å². The van der Waals surface area contributed by atoms with Crippen LogP contribution in [0.2, 0.25) is 0 Å². The summed E-state index contributed by atoms with van der Waals surface area (Å²) in [4.78, 5) is 13.8. The van der Waals surface area contributed by atoms with Crippen molar-refractivity contribution in [2.24, 2.45) is 0 Å². The highest BCUT2D eigenvalue weighted by molar-refractivity contribution is 7.09. The van der Waals surface area contributed by atoms with Gasteiger partial charge in [-0.3, -0.25) is 4.79 Å². The van der Waals surface area contributed by atoms with Crippen molar-refractivity contribution < 1.29 is 14.3 Å². The first-order valence-electron chi connectivity index (χ1n) is 9.21. The van der Waals surface area contributed by atoms with Gasteiger partial charge in [-0.2, -0.15) is 0 Å².